The van der Waals surface area contributed by atoms with Gasteiger partial charge in [-0.05, 0) is 98.2 Å². The molecule has 0 amide bonds. The Hall–Kier alpha value is -2.21. The van der Waals surface area contributed by atoms with Crippen LogP contribution in [-0.4, -0.2) is 90.8 Å². The van der Waals surface area contributed by atoms with Crippen LogP contribution in [0.5, 0.6) is 0 Å². The van der Waals surface area contributed by atoms with Crippen molar-refractivity contribution in [3.63, 3.8) is 0 Å². The van der Waals surface area contributed by atoms with E-state index in [0.29, 0.717) is 72.1 Å². The molecule has 3 fully saturated rings. The number of primary sulfonamides is 1. The molecule has 4 N–H and O–H groups in total. The Morgan fingerprint density at radius 1 is 1.22 bits per heavy atom. The summed E-state index contributed by atoms with van der Waals surface area (Å²) in [5, 5.41) is 19.4. The molecule has 0 spiro atoms. The van der Waals surface area contributed by atoms with Crippen LogP contribution in [0.1, 0.15) is 87.3 Å². The smallest absolute Gasteiger partial charge is 0.291 e. The molecule has 0 radical (unpaired) electrons. The molecule has 15 heteroatoms. The second kappa shape index (κ2) is 13.6. The maximum atomic E-state index is 17.4. The molecule has 6 aliphatic rings. The van der Waals surface area contributed by atoms with Gasteiger partial charge in [-0.15, -0.1) is 0 Å². The highest BCUT2D eigenvalue weighted by Gasteiger charge is 2.50. The summed E-state index contributed by atoms with van der Waals surface area (Å²) < 4.78 is 78.3. The molecule has 3 saturated heterocycles. The van der Waals surface area contributed by atoms with Gasteiger partial charge in [0.2, 0.25) is 10.0 Å². The first kappa shape index (κ1) is 36.2. The van der Waals surface area contributed by atoms with Crippen LogP contribution >= 0.6 is 22.6 Å². The molecule has 50 heavy (non-hydrogen) atoms. The molecular weight excluding hydrogens is 784 g/mol. The van der Waals surface area contributed by atoms with Gasteiger partial charge in [-0.1, -0.05) is 13.0 Å². The van der Waals surface area contributed by atoms with Gasteiger partial charge in [0.1, 0.15) is 25.1 Å². The van der Waals surface area contributed by atoms with Crippen molar-refractivity contribution in [1.29, 1.82) is 0 Å². The molecule has 1 aromatic rings. The number of aliphatic imine (C=N–C) groups is 1. The first-order chi connectivity index (χ1) is 23.7. The van der Waals surface area contributed by atoms with Crippen molar-refractivity contribution in [1.82, 2.24) is 14.8 Å². The number of allylic oxidation sites excluding steroid dienone is 6. The number of aliphatic hydroxyl groups is 1. The number of aryl methyl sites for hydroxylation is 1. The SMILES string of the molecule is Cc1nc(C2CCC(O)=C[C@@]3(C)CC=C[C@@H](F)C(I)=C23)c(F)c2c1C(N1CCCC(CS(N)(=O)=O)C1)N=C(OC[C@@]13CCCN1C[C@H](F)C3)N2. The van der Waals surface area contributed by atoms with Gasteiger partial charge < -0.3 is 15.2 Å². The molecule has 0 aromatic carbocycles. The molecule has 7 atom stereocenters. The Kier molecular flexibility index (Phi) is 9.87. The first-order valence-corrected chi connectivity index (χ1v) is 20.4. The minimum absolute atomic E-state index is 0.108. The number of fused-ring (bicyclic) bond motifs is 3. The number of rotatable bonds is 6. The predicted molar refractivity (Wildman–Crippen MR) is 194 cm³/mol. The van der Waals surface area contributed by atoms with Crippen molar-refractivity contribution in [2.24, 2.45) is 21.5 Å². The van der Waals surface area contributed by atoms with Crippen LogP contribution in [0.25, 0.3) is 0 Å². The van der Waals surface area contributed by atoms with Crippen molar-refractivity contribution in [3.05, 3.63) is 55.9 Å². The van der Waals surface area contributed by atoms with E-state index in [0.717, 1.165) is 19.4 Å². The lowest BCUT2D eigenvalue weighted by molar-refractivity contribution is 0.100. The number of hydrogen-bond donors (Lipinski definition) is 3. The molecule has 10 nitrogen and oxygen atoms in total. The Morgan fingerprint density at radius 2 is 2.02 bits per heavy atom. The van der Waals surface area contributed by atoms with Crippen LogP contribution in [0, 0.1) is 24.1 Å². The fourth-order valence-corrected chi connectivity index (χ4v) is 11.5. The summed E-state index contributed by atoms with van der Waals surface area (Å²) in [4.78, 5) is 14.0. The number of sulfonamides is 1. The van der Waals surface area contributed by atoms with Gasteiger partial charge in [-0.2, -0.15) is 0 Å². The second-order valence-corrected chi connectivity index (χ2v) is 18.1. The molecule has 3 unspecified atom stereocenters. The lowest BCUT2D eigenvalue weighted by Gasteiger charge is -2.40. The van der Waals surface area contributed by atoms with Gasteiger partial charge in [0.05, 0.1) is 28.4 Å². The maximum absolute atomic E-state index is 17.4. The third-order valence-corrected chi connectivity index (χ3v) is 13.7. The number of alkyl halides is 2. The molecule has 274 valence electrons. The summed E-state index contributed by atoms with van der Waals surface area (Å²) in [6.45, 7) is 6.07. The summed E-state index contributed by atoms with van der Waals surface area (Å²) in [7, 11) is -3.71. The van der Waals surface area contributed by atoms with E-state index < -0.39 is 51.2 Å². The van der Waals surface area contributed by atoms with Crippen LogP contribution in [-0.2, 0) is 14.8 Å². The molecule has 4 aliphatic heterocycles. The lowest BCUT2D eigenvalue weighted by Crippen LogP contribution is -2.45. The van der Waals surface area contributed by atoms with E-state index >= 15 is 8.78 Å². The number of nitrogens with one attached hydrogen (secondary N) is 1. The molecular formula is C35H46F3IN6O4S. The van der Waals surface area contributed by atoms with E-state index in [-0.39, 0.29) is 47.9 Å². The Labute approximate surface area is 305 Å². The summed E-state index contributed by atoms with van der Waals surface area (Å²) in [5.74, 6) is -1.44. The molecule has 0 saturated carbocycles. The number of aliphatic hydroxyl groups excluding tert-OH is 1. The second-order valence-electron chi connectivity index (χ2n) is 15.3. The van der Waals surface area contributed by atoms with E-state index in [1.165, 1.54) is 6.08 Å². The molecule has 5 heterocycles. The predicted octanol–water partition coefficient (Wildman–Crippen LogP) is 6.22. The average Bonchev–Trinajstić information content (AvgIpc) is 3.49. The fourth-order valence-electron chi connectivity index (χ4n) is 9.37. The number of nitrogens with two attached hydrogens (primary N) is 1. The van der Waals surface area contributed by atoms with Crippen molar-refractivity contribution in [2.45, 2.75) is 95.2 Å². The topological polar surface area (TPSA) is 133 Å². The first-order valence-electron chi connectivity index (χ1n) is 17.6. The Balaban J connectivity index is 1.29. The van der Waals surface area contributed by atoms with Crippen molar-refractivity contribution < 1.29 is 31.4 Å². The van der Waals surface area contributed by atoms with Crippen molar-refractivity contribution in [2.75, 3.05) is 43.9 Å². The number of nitrogens with zero attached hydrogens (tertiary/aromatic N) is 4. The van der Waals surface area contributed by atoms with Crippen LogP contribution in [0.15, 0.2) is 38.1 Å². The number of halogens is 4. The van der Waals surface area contributed by atoms with Gasteiger partial charge in [-0.3, -0.25) is 14.8 Å². The van der Waals surface area contributed by atoms with Gasteiger partial charge in [-0.25, -0.2) is 31.7 Å². The number of ether oxygens (including phenoxy) is 1. The largest absolute Gasteiger partial charge is 0.513 e. The van der Waals surface area contributed by atoms with E-state index in [9.17, 15) is 17.9 Å². The quantitative estimate of drug-likeness (QED) is 0.228. The Bertz CT molecular complexity index is 1770. The minimum Gasteiger partial charge on any atom is -0.513 e. The highest BCUT2D eigenvalue weighted by atomic mass is 127. The normalized spacial score (nSPS) is 35.0. The summed E-state index contributed by atoms with van der Waals surface area (Å²) >= 11 is 2.02. The van der Waals surface area contributed by atoms with E-state index in [1.54, 1.807) is 19.1 Å². The van der Waals surface area contributed by atoms with Crippen LogP contribution < -0.4 is 10.5 Å². The number of pyridine rings is 1. The van der Waals surface area contributed by atoms with E-state index in [2.05, 4.69) is 10.2 Å². The summed E-state index contributed by atoms with van der Waals surface area (Å²) in [6.07, 6.45) is 6.58. The van der Waals surface area contributed by atoms with Crippen LogP contribution in [0.2, 0.25) is 0 Å². The van der Waals surface area contributed by atoms with Crippen LogP contribution in [0.4, 0.5) is 18.9 Å². The number of aromatic nitrogens is 1. The number of likely N-dealkylation sites (tertiary alicyclic amines) is 1. The zero-order valence-electron chi connectivity index (χ0n) is 28.5. The van der Waals surface area contributed by atoms with E-state index in [4.69, 9.17) is 19.9 Å². The standard InChI is InChI=1S/C35H46F3IN6O4S/c1-20-26-31(28(38)30(41-20)24-9-8-23(46)15-34(2)10-3-7-25(37)29(39)27(24)34)42-33(49-19-35-11-5-13-45(35)17-22(36)14-35)43-32(26)44-12-4-6-21(16-44)18-50(40,47)48/h3,7,15,21-22,24-25,32,46H,4-6,8-14,16-19H2,1-2H3,(H,42,43)(H2,40,47,48)/t21?,22-,24?,25-,32?,34-,35+/m1/s1. The van der Waals surface area contributed by atoms with Gasteiger partial charge >= 0.3 is 0 Å². The van der Waals surface area contributed by atoms with Gasteiger partial charge in [0.15, 0.2) is 5.82 Å². The highest BCUT2D eigenvalue weighted by Crippen LogP contribution is 2.53. The third-order valence-electron chi connectivity index (χ3n) is 11.5. The average molecular weight is 831 g/mol. The number of piperidine rings is 1. The fraction of sp³-hybridized carbons (Fsp3) is 0.657. The van der Waals surface area contributed by atoms with E-state index in [1.807, 2.05) is 34.4 Å². The van der Waals surface area contributed by atoms with Gasteiger partial charge in [0.25, 0.3) is 6.02 Å². The van der Waals surface area contributed by atoms with Crippen molar-refractivity contribution in [3.8, 4) is 0 Å². The molecule has 7 rings (SSSR count). The number of amidine groups is 1. The van der Waals surface area contributed by atoms with Gasteiger partial charge in [0, 0.05) is 58.6 Å². The minimum atomic E-state index is -3.71. The molecule has 1 aromatic heterocycles. The number of hydrogen-bond acceptors (Lipinski definition) is 9. The zero-order valence-corrected chi connectivity index (χ0v) is 31.5. The molecule has 0 bridgehead atoms. The monoisotopic (exact) mass is 830 g/mol. The number of anilines is 1. The maximum Gasteiger partial charge on any atom is 0.291 e. The van der Waals surface area contributed by atoms with Crippen molar-refractivity contribution >= 4 is 44.3 Å². The third kappa shape index (κ3) is 6.85. The summed E-state index contributed by atoms with van der Waals surface area (Å²) in [5.41, 5.74) is 0.861. The molecule has 2 aliphatic carbocycles. The van der Waals surface area contributed by atoms with Crippen LogP contribution in [0.3, 0.4) is 0 Å². The zero-order chi connectivity index (χ0) is 35.6. The highest BCUT2D eigenvalue weighted by molar-refractivity contribution is 14.1. The Morgan fingerprint density at radius 3 is 2.80 bits per heavy atom. The summed E-state index contributed by atoms with van der Waals surface area (Å²) in [6, 6.07) is 0.108. The lowest BCUT2D eigenvalue weighted by atomic mass is 9.72.